The summed E-state index contributed by atoms with van der Waals surface area (Å²) in [5.41, 5.74) is 4.61. The molecule has 0 saturated heterocycles. The van der Waals surface area contributed by atoms with Crippen LogP contribution in [0.1, 0.15) is 11.1 Å². The van der Waals surface area contributed by atoms with Crippen molar-refractivity contribution in [1.29, 1.82) is 0 Å². The minimum Gasteiger partial charge on any atom is -0.497 e. The van der Waals surface area contributed by atoms with Crippen LogP contribution in [0.4, 0.5) is 0 Å². The van der Waals surface area contributed by atoms with E-state index in [9.17, 15) is 0 Å². The van der Waals surface area contributed by atoms with Crippen LogP contribution in [0.2, 0.25) is 0 Å². The number of ether oxygens (including phenoxy) is 3. The van der Waals surface area contributed by atoms with Crippen molar-refractivity contribution < 1.29 is 14.2 Å². The highest BCUT2D eigenvalue weighted by atomic mass is 16.5. The van der Waals surface area contributed by atoms with Gasteiger partial charge in [0.1, 0.15) is 17.2 Å². The molecule has 0 radical (unpaired) electrons. The summed E-state index contributed by atoms with van der Waals surface area (Å²) in [5.74, 6) is 2.49. The maximum absolute atomic E-state index is 5.58. The molecule has 0 bridgehead atoms. The molecule has 0 fully saturated rings. The van der Waals surface area contributed by atoms with Crippen molar-refractivity contribution in [3.8, 4) is 28.4 Å². The van der Waals surface area contributed by atoms with Gasteiger partial charge in [-0.05, 0) is 41.3 Å². The van der Waals surface area contributed by atoms with Gasteiger partial charge in [0, 0.05) is 11.6 Å². The Morgan fingerprint density at radius 1 is 0.857 bits per heavy atom. The van der Waals surface area contributed by atoms with E-state index in [-0.39, 0.29) is 0 Å². The van der Waals surface area contributed by atoms with Gasteiger partial charge in [-0.15, -0.1) is 0 Å². The van der Waals surface area contributed by atoms with Crippen molar-refractivity contribution in [2.75, 3.05) is 21.3 Å². The molecule has 2 aromatic rings. The van der Waals surface area contributed by atoms with Gasteiger partial charge in [-0.3, -0.25) is 0 Å². The Hall–Kier alpha value is -2.42. The highest BCUT2D eigenvalue weighted by Gasteiger charge is 2.18. The minimum absolute atomic E-state index is 0.798. The van der Waals surface area contributed by atoms with E-state index in [2.05, 4.69) is 24.3 Å². The van der Waals surface area contributed by atoms with Crippen molar-refractivity contribution in [2.45, 2.75) is 6.42 Å². The number of benzene rings is 2. The summed E-state index contributed by atoms with van der Waals surface area (Å²) in [5, 5.41) is 0. The molecule has 0 atom stereocenters. The summed E-state index contributed by atoms with van der Waals surface area (Å²) in [6.07, 6.45) is 5.14. The van der Waals surface area contributed by atoms with E-state index in [0.29, 0.717) is 0 Å². The summed E-state index contributed by atoms with van der Waals surface area (Å²) in [6, 6.07) is 10.1. The molecule has 0 saturated carbocycles. The summed E-state index contributed by atoms with van der Waals surface area (Å²) in [7, 11) is 5.04. The first kappa shape index (κ1) is 13.6. The van der Waals surface area contributed by atoms with Crippen LogP contribution in [0.15, 0.2) is 36.4 Å². The number of allylic oxidation sites excluding steroid dienone is 1. The normalized spacial score (nSPS) is 12.1. The van der Waals surface area contributed by atoms with E-state index >= 15 is 0 Å². The first-order chi connectivity index (χ1) is 10.3. The summed E-state index contributed by atoms with van der Waals surface area (Å²) >= 11 is 0. The van der Waals surface area contributed by atoms with Gasteiger partial charge in [0.25, 0.3) is 0 Å². The van der Waals surface area contributed by atoms with Crippen LogP contribution in [0.3, 0.4) is 0 Å². The SMILES string of the molecule is COc1ccc2c(c1)CC=Cc1cc(OC)cc(OC)c1-2. The highest BCUT2D eigenvalue weighted by molar-refractivity contribution is 5.85. The summed E-state index contributed by atoms with van der Waals surface area (Å²) < 4.78 is 16.3. The fourth-order valence-electron chi connectivity index (χ4n) is 2.73. The molecule has 108 valence electrons. The van der Waals surface area contributed by atoms with E-state index in [0.717, 1.165) is 34.8 Å². The summed E-state index contributed by atoms with van der Waals surface area (Å²) in [6.45, 7) is 0. The third-order valence-corrected chi connectivity index (χ3v) is 3.78. The van der Waals surface area contributed by atoms with Gasteiger partial charge in [0.05, 0.1) is 21.3 Å². The van der Waals surface area contributed by atoms with Gasteiger partial charge >= 0.3 is 0 Å². The predicted molar refractivity (Wildman–Crippen MR) is 84.3 cm³/mol. The molecule has 3 rings (SSSR count). The number of fused-ring (bicyclic) bond motifs is 3. The topological polar surface area (TPSA) is 27.7 Å². The van der Waals surface area contributed by atoms with Crippen molar-refractivity contribution in [3.63, 3.8) is 0 Å². The lowest BCUT2D eigenvalue weighted by Crippen LogP contribution is -1.95. The van der Waals surface area contributed by atoms with Crippen molar-refractivity contribution in [1.82, 2.24) is 0 Å². The van der Waals surface area contributed by atoms with Crippen LogP contribution in [-0.2, 0) is 6.42 Å². The van der Waals surface area contributed by atoms with Crippen LogP contribution in [0, 0.1) is 0 Å². The van der Waals surface area contributed by atoms with Crippen LogP contribution in [-0.4, -0.2) is 21.3 Å². The van der Waals surface area contributed by atoms with Gasteiger partial charge in [-0.25, -0.2) is 0 Å². The Bertz CT molecular complexity index is 702. The van der Waals surface area contributed by atoms with Crippen LogP contribution < -0.4 is 14.2 Å². The Morgan fingerprint density at radius 2 is 1.67 bits per heavy atom. The Kier molecular flexibility index (Phi) is 3.57. The number of hydrogen-bond acceptors (Lipinski definition) is 3. The fourth-order valence-corrected chi connectivity index (χ4v) is 2.73. The lowest BCUT2D eigenvalue weighted by molar-refractivity contribution is 0.395. The first-order valence-electron chi connectivity index (χ1n) is 6.86. The number of hydrogen-bond donors (Lipinski definition) is 0. The Morgan fingerprint density at radius 3 is 2.38 bits per heavy atom. The van der Waals surface area contributed by atoms with E-state index < -0.39 is 0 Å². The van der Waals surface area contributed by atoms with Crippen LogP contribution in [0.25, 0.3) is 17.2 Å². The number of rotatable bonds is 3. The molecule has 2 aromatic carbocycles. The van der Waals surface area contributed by atoms with Crippen LogP contribution >= 0.6 is 0 Å². The van der Waals surface area contributed by atoms with E-state index in [1.165, 1.54) is 11.1 Å². The second kappa shape index (κ2) is 5.52. The average molecular weight is 282 g/mol. The molecule has 0 unspecified atom stereocenters. The smallest absolute Gasteiger partial charge is 0.130 e. The van der Waals surface area contributed by atoms with Crippen molar-refractivity contribution >= 4 is 6.08 Å². The first-order valence-corrected chi connectivity index (χ1v) is 6.86. The molecule has 0 amide bonds. The van der Waals surface area contributed by atoms with Crippen molar-refractivity contribution in [3.05, 3.63) is 47.5 Å². The van der Waals surface area contributed by atoms with Crippen LogP contribution in [0.5, 0.6) is 17.2 Å². The molecule has 21 heavy (non-hydrogen) atoms. The molecule has 0 heterocycles. The maximum atomic E-state index is 5.58. The zero-order chi connectivity index (χ0) is 14.8. The third kappa shape index (κ3) is 2.35. The molecular weight excluding hydrogens is 264 g/mol. The van der Waals surface area contributed by atoms with Gasteiger partial charge in [-0.1, -0.05) is 18.2 Å². The molecule has 1 aliphatic carbocycles. The molecule has 0 spiro atoms. The fraction of sp³-hybridized carbons (Fsp3) is 0.222. The predicted octanol–water partition coefficient (Wildman–Crippen LogP) is 3.95. The van der Waals surface area contributed by atoms with Gasteiger partial charge < -0.3 is 14.2 Å². The van der Waals surface area contributed by atoms with Gasteiger partial charge in [0.15, 0.2) is 0 Å². The molecule has 3 heteroatoms. The van der Waals surface area contributed by atoms with E-state index in [1.54, 1.807) is 21.3 Å². The Labute approximate surface area is 124 Å². The van der Waals surface area contributed by atoms with E-state index in [4.69, 9.17) is 14.2 Å². The highest BCUT2D eigenvalue weighted by Crippen LogP contribution is 2.41. The lowest BCUT2D eigenvalue weighted by atomic mass is 9.95. The standard InChI is InChI=1S/C18H18O3/c1-19-14-7-8-16-12(9-14)5-4-6-13-10-15(20-2)11-17(21-3)18(13)16/h4,6-11H,5H2,1-3H3. The zero-order valence-corrected chi connectivity index (χ0v) is 12.5. The largest absolute Gasteiger partial charge is 0.497 e. The monoisotopic (exact) mass is 282 g/mol. The Balaban J connectivity index is 2.27. The molecule has 0 N–H and O–H groups in total. The molecule has 0 aromatic heterocycles. The quantitative estimate of drug-likeness (QED) is 0.853. The van der Waals surface area contributed by atoms with Crippen molar-refractivity contribution in [2.24, 2.45) is 0 Å². The second-order valence-electron chi connectivity index (χ2n) is 4.92. The summed E-state index contributed by atoms with van der Waals surface area (Å²) in [4.78, 5) is 0. The lowest BCUT2D eigenvalue weighted by Gasteiger charge is -2.16. The van der Waals surface area contributed by atoms with Gasteiger partial charge in [-0.2, -0.15) is 0 Å². The number of methoxy groups -OCH3 is 3. The van der Waals surface area contributed by atoms with Gasteiger partial charge in [0.2, 0.25) is 0 Å². The minimum atomic E-state index is 0.798. The average Bonchev–Trinajstić information content (AvgIpc) is 2.72. The maximum Gasteiger partial charge on any atom is 0.130 e. The molecule has 1 aliphatic rings. The molecule has 3 nitrogen and oxygen atoms in total. The zero-order valence-electron chi connectivity index (χ0n) is 12.5. The third-order valence-electron chi connectivity index (χ3n) is 3.78. The second-order valence-corrected chi connectivity index (χ2v) is 4.92. The van der Waals surface area contributed by atoms with E-state index in [1.807, 2.05) is 18.2 Å². The molecule has 0 aliphatic heterocycles. The molecular formula is C18H18O3.